The van der Waals surface area contributed by atoms with Gasteiger partial charge in [0.05, 0.1) is 12.0 Å². The molecule has 0 amide bonds. The SMILES string of the molecule is CNCc1cn(Cc2cc(F)cc(F)c2)cn1. The largest absolute Gasteiger partial charge is 0.333 e. The quantitative estimate of drug-likeness (QED) is 0.880. The van der Waals surface area contributed by atoms with E-state index < -0.39 is 11.6 Å². The van der Waals surface area contributed by atoms with Crippen molar-refractivity contribution in [2.24, 2.45) is 0 Å². The molecule has 2 rings (SSSR count). The molecule has 90 valence electrons. The van der Waals surface area contributed by atoms with Crippen LogP contribution in [0.2, 0.25) is 0 Å². The van der Waals surface area contributed by atoms with Gasteiger partial charge >= 0.3 is 0 Å². The molecule has 5 heteroatoms. The van der Waals surface area contributed by atoms with E-state index >= 15 is 0 Å². The number of halogens is 2. The lowest BCUT2D eigenvalue weighted by molar-refractivity contribution is 0.577. The van der Waals surface area contributed by atoms with E-state index in [1.807, 2.05) is 13.2 Å². The Morgan fingerprint density at radius 3 is 2.59 bits per heavy atom. The number of imidazole rings is 1. The van der Waals surface area contributed by atoms with Gasteiger partial charge in [0.15, 0.2) is 0 Å². The Balaban J connectivity index is 2.13. The van der Waals surface area contributed by atoms with Gasteiger partial charge in [-0.1, -0.05) is 0 Å². The van der Waals surface area contributed by atoms with E-state index in [1.54, 1.807) is 10.9 Å². The third kappa shape index (κ3) is 3.10. The fraction of sp³-hybridized carbons (Fsp3) is 0.250. The van der Waals surface area contributed by atoms with Crippen LogP contribution in [-0.2, 0) is 13.1 Å². The second-order valence-electron chi connectivity index (χ2n) is 3.85. The molecule has 0 saturated heterocycles. The molecule has 0 bridgehead atoms. The van der Waals surface area contributed by atoms with E-state index in [4.69, 9.17) is 0 Å². The van der Waals surface area contributed by atoms with Gasteiger partial charge in [0.1, 0.15) is 11.6 Å². The van der Waals surface area contributed by atoms with Crippen LogP contribution in [0.15, 0.2) is 30.7 Å². The van der Waals surface area contributed by atoms with Crippen molar-refractivity contribution in [3.63, 3.8) is 0 Å². The lowest BCUT2D eigenvalue weighted by atomic mass is 10.2. The van der Waals surface area contributed by atoms with Gasteiger partial charge < -0.3 is 9.88 Å². The number of nitrogens with zero attached hydrogens (tertiary/aromatic N) is 2. The number of benzene rings is 1. The Kier molecular flexibility index (Phi) is 3.49. The summed E-state index contributed by atoms with van der Waals surface area (Å²) in [6.45, 7) is 1.08. The van der Waals surface area contributed by atoms with Gasteiger partial charge in [0.25, 0.3) is 0 Å². The molecule has 1 aromatic carbocycles. The molecule has 1 heterocycles. The summed E-state index contributed by atoms with van der Waals surface area (Å²) in [5.41, 5.74) is 1.47. The van der Waals surface area contributed by atoms with Crippen molar-refractivity contribution in [3.8, 4) is 0 Å². The van der Waals surface area contributed by atoms with Crippen LogP contribution in [0.1, 0.15) is 11.3 Å². The molecule has 1 aromatic heterocycles. The summed E-state index contributed by atoms with van der Waals surface area (Å²) in [6.07, 6.45) is 3.49. The van der Waals surface area contributed by atoms with Gasteiger partial charge in [-0.25, -0.2) is 13.8 Å². The van der Waals surface area contributed by atoms with Gasteiger partial charge in [0, 0.05) is 25.4 Å². The normalized spacial score (nSPS) is 10.8. The predicted octanol–water partition coefficient (Wildman–Crippen LogP) is 1.93. The third-order valence-electron chi connectivity index (χ3n) is 2.33. The summed E-state index contributed by atoms with van der Waals surface area (Å²) in [4.78, 5) is 4.16. The van der Waals surface area contributed by atoms with Gasteiger partial charge in [-0.15, -0.1) is 0 Å². The average molecular weight is 237 g/mol. The Morgan fingerprint density at radius 1 is 1.24 bits per heavy atom. The Bertz CT molecular complexity index is 488. The maximum absolute atomic E-state index is 13.0. The summed E-state index contributed by atoms with van der Waals surface area (Å²) in [5.74, 6) is -1.12. The van der Waals surface area contributed by atoms with Crippen molar-refractivity contribution >= 4 is 0 Å². The van der Waals surface area contributed by atoms with Crippen molar-refractivity contribution < 1.29 is 8.78 Å². The van der Waals surface area contributed by atoms with Crippen LogP contribution in [0.25, 0.3) is 0 Å². The molecule has 0 aliphatic rings. The first kappa shape index (κ1) is 11.7. The van der Waals surface area contributed by atoms with Crippen molar-refractivity contribution in [1.82, 2.24) is 14.9 Å². The van der Waals surface area contributed by atoms with E-state index in [0.717, 1.165) is 11.8 Å². The van der Waals surface area contributed by atoms with E-state index in [1.165, 1.54) is 12.1 Å². The van der Waals surface area contributed by atoms with Gasteiger partial charge in [-0.3, -0.25) is 0 Å². The number of nitrogens with one attached hydrogen (secondary N) is 1. The zero-order valence-corrected chi connectivity index (χ0v) is 9.45. The maximum atomic E-state index is 13.0. The van der Waals surface area contributed by atoms with Gasteiger partial charge in [0.2, 0.25) is 0 Å². The van der Waals surface area contributed by atoms with Crippen LogP contribution in [0.5, 0.6) is 0 Å². The summed E-state index contributed by atoms with van der Waals surface area (Å²) < 4.78 is 27.8. The number of aromatic nitrogens is 2. The first-order valence-electron chi connectivity index (χ1n) is 5.27. The molecule has 0 saturated carbocycles. The first-order valence-corrected chi connectivity index (χ1v) is 5.27. The minimum absolute atomic E-state index is 0.408. The molecule has 1 N–H and O–H groups in total. The summed E-state index contributed by atoms with van der Waals surface area (Å²) >= 11 is 0. The molecular formula is C12H13F2N3. The molecule has 0 unspecified atom stereocenters. The topological polar surface area (TPSA) is 29.9 Å². The molecule has 0 aliphatic carbocycles. The molecule has 17 heavy (non-hydrogen) atoms. The average Bonchev–Trinajstić information content (AvgIpc) is 2.64. The number of rotatable bonds is 4. The molecule has 0 fully saturated rings. The first-order chi connectivity index (χ1) is 8.17. The van der Waals surface area contributed by atoms with E-state index in [0.29, 0.717) is 18.7 Å². The van der Waals surface area contributed by atoms with E-state index in [2.05, 4.69) is 10.3 Å². The van der Waals surface area contributed by atoms with Crippen LogP contribution in [0.3, 0.4) is 0 Å². The van der Waals surface area contributed by atoms with Crippen molar-refractivity contribution in [2.45, 2.75) is 13.1 Å². The highest BCUT2D eigenvalue weighted by Crippen LogP contribution is 2.10. The summed E-state index contributed by atoms with van der Waals surface area (Å²) in [5, 5.41) is 2.98. The van der Waals surface area contributed by atoms with E-state index in [-0.39, 0.29) is 0 Å². The monoisotopic (exact) mass is 237 g/mol. The molecule has 0 spiro atoms. The predicted molar refractivity (Wildman–Crippen MR) is 60.5 cm³/mol. The van der Waals surface area contributed by atoms with Gasteiger partial charge in [-0.2, -0.15) is 0 Å². The molecule has 0 atom stereocenters. The molecular weight excluding hydrogens is 224 g/mol. The fourth-order valence-corrected chi connectivity index (χ4v) is 1.68. The maximum Gasteiger partial charge on any atom is 0.126 e. The Morgan fingerprint density at radius 2 is 1.94 bits per heavy atom. The lowest BCUT2D eigenvalue weighted by Crippen LogP contribution is -2.05. The van der Waals surface area contributed by atoms with Crippen molar-refractivity contribution in [1.29, 1.82) is 0 Å². The highest BCUT2D eigenvalue weighted by atomic mass is 19.1. The second-order valence-corrected chi connectivity index (χ2v) is 3.85. The second kappa shape index (κ2) is 5.05. The van der Waals surface area contributed by atoms with Crippen LogP contribution in [-0.4, -0.2) is 16.6 Å². The molecule has 2 aromatic rings. The van der Waals surface area contributed by atoms with Crippen LogP contribution in [0.4, 0.5) is 8.78 Å². The molecule has 0 radical (unpaired) electrons. The molecule has 0 aliphatic heterocycles. The van der Waals surface area contributed by atoms with Crippen LogP contribution in [0, 0.1) is 11.6 Å². The summed E-state index contributed by atoms with van der Waals surface area (Å²) in [7, 11) is 1.83. The van der Waals surface area contributed by atoms with Crippen LogP contribution < -0.4 is 5.32 Å². The van der Waals surface area contributed by atoms with Crippen LogP contribution >= 0.6 is 0 Å². The minimum atomic E-state index is -0.560. The smallest absolute Gasteiger partial charge is 0.126 e. The van der Waals surface area contributed by atoms with E-state index in [9.17, 15) is 8.78 Å². The standard InChI is InChI=1S/C12H13F2N3/c1-15-5-12-7-17(8-16-12)6-9-2-10(13)4-11(14)3-9/h2-4,7-8,15H,5-6H2,1H3. The number of hydrogen-bond donors (Lipinski definition) is 1. The highest BCUT2D eigenvalue weighted by molar-refractivity contribution is 5.18. The lowest BCUT2D eigenvalue weighted by Gasteiger charge is -2.03. The van der Waals surface area contributed by atoms with Gasteiger partial charge in [-0.05, 0) is 24.7 Å². The van der Waals surface area contributed by atoms with Crippen molar-refractivity contribution in [2.75, 3.05) is 7.05 Å². The van der Waals surface area contributed by atoms with Crippen molar-refractivity contribution in [3.05, 3.63) is 53.6 Å². The third-order valence-corrected chi connectivity index (χ3v) is 2.33. The zero-order chi connectivity index (χ0) is 12.3. The zero-order valence-electron chi connectivity index (χ0n) is 9.45. The summed E-state index contributed by atoms with van der Waals surface area (Å²) in [6, 6.07) is 3.51. The number of hydrogen-bond acceptors (Lipinski definition) is 2. The Hall–Kier alpha value is -1.75. The Labute approximate surface area is 98.1 Å². The molecule has 3 nitrogen and oxygen atoms in total. The highest BCUT2D eigenvalue weighted by Gasteiger charge is 2.02. The fourth-order valence-electron chi connectivity index (χ4n) is 1.68. The minimum Gasteiger partial charge on any atom is -0.333 e.